The van der Waals surface area contributed by atoms with Gasteiger partial charge in [-0.1, -0.05) is 33.6 Å². The number of halogens is 2. The topological polar surface area (TPSA) is 15.3 Å². The van der Waals surface area contributed by atoms with Gasteiger partial charge in [0.25, 0.3) is 0 Å². The second-order valence-corrected chi connectivity index (χ2v) is 5.25. The summed E-state index contributed by atoms with van der Waals surface area (Å²) in [6.45, 7) is 3.03. The molecule has 1 rings (SSSR count). The molecule has 0 spiro atoms. The Balaban J connectivity index is 2.46. The van der Waals surface area contributed by atoms with Gasteiger partial charge in [-0.15, -0.1) is 0 Å². The highest BCUT2D eigenvalue weighted by molar-refractivity contribution is 9.10. The lowest BCUT2D eigenvalue weighted by molar-refractivity contribution is 0.321. The number of rotatable bonds is 6. The minimum atomic E-state index is 0.829. The Hall–Kier alpha value is -0.0900. The summed E-state index contributed by atoms with van der Waals surface area (Å²) in [7, 11) is 4.10. The summed E-state index contributed by atoms with van der Waals surface area (Å²) in [6.07, 6.45) is 1.15. The average Bonchev–Trinajstić information content (AvgIpc) is 2.23. The lowest BCUT2D eigenvalue weighted by Gasteiger charge is -2.17. The monoisotopic (exact) mass is 304 g/mol. The van der Waals surface area contributed by atoms with Gasteiger partial charge in [-0.2, -0.15) is 0 Å². The molecule has 0 bridgehead atoms. The van der Waals surface area contributed by atoms with Crippen molar-refractivity contribution in [1.29, 1.82) is 0 Å². The van der Waals surface area contributed by atoms with E-state index >= 15 is 0 Å². The van der Waals surface area contributed by atoms with Crippen molar-refractivity contribution in [3.63, 3.8) is 0 Å². The molecule has 1 N–H and O–H groups in total. The van der Waals surface area contributed by atoms with Crippen molar-refractivity contribution in [2.45, 2.75) is 13.0 Å². The Morgan fingerprint density at radius 1 is 1.44 bits per heavy atom. The second kappa shape index (κ2) is 7.28. The van der Waals surface area contributed by atoms with E-state index in [-0.39, 0.29) is 0 Å². The van der Waals surface area contributed by atoms with Gasteiger partial charge in [0.2, 0.25) is 0 Å². The fourth-order valence-corrected chi connectivity index (χ4v) is 2.28. The van der Waals surface area contributed by atoms with Crippen molar-refractivity contribution < 1.29 is 0 Å². The van der Waals surface area contributed by atoms with E-state index in [1.807, 2.05) is 19.2 Å². The molecule has 0 aliphatic carbocycles. The summed E-state index contributed by atoms with van der Waals surface area (Å²) >= 11 is 9.57. The van der Waals surface area contributed by atoms with E-state index in [0.29, 0.717) is 0 Å². The van der Waals surface area contributed by atoms with E-state index in [0.717, 1.165) is 35.6 Å². The Bertz CT molecular complexity index is 331. The highest BCUT2D eigenvalue weighted by Gasteiger charge is 2.04. The van der Waals surface area contributed by atoms with Gasteiger partial charge < -0.3 is 10.2 Å². The van der Waals surface area contributed by atoms with Crippen LogP contribution in [0.2, 0.25) is 5.02 Å². The standard InChI is InChI=1S/C12H18BrClN2/c1-15-6-3-7-16(2)9-10-4-5-11(13)8-12(10)14/h4-5,8,15H,3,6-7,9H2,1-2H3. The van der Waals surface area contributed by atoms with Crippen LogP contribution in [0.1, 0.15) is 12.0 Å². The molecule has 0 amide bonds. The van der Waals surface area contributed by atoms with Crippen LogP contribution in [-0.4, -0.2) is 32.1 Å². The first-order valence-electron chi connectivity index (χ1n) is 5.40. The van der Waals surface area contributed by atoms with Crippen LogP contribution in [0.5, 0.6) is 0 Å². The first-order valence-corrected chi connectivity index (χ1v) is 6.57. The minimum Gasteiger partial charge on any atom is -0.320 e. The molecule has 0 atom stereocenters. The maximum Gasteiger partial charge on any atom is 0.0462 e. The summed E-state index contributed by atoms with van der Waals surface area (Å²) in [5.74, 6) is 0. The zero-order valence-corrected chi connectivity index (χ0v) is 12.1. The van der Waals surface area contributed by atoms with Crippen molar-refractivity contribution in [3.05, 3.63) is 33.3 Å². The predicted molar refractivity (Wildman–Crippen MR) is 74.0 cm³/mol. The van der Waals surface area contributed by atoms with Crippen LogP contribution in [0.25, 0.3) is 0 Å². The number of hydrogen-bond donors (Lipinski definition) is 1. The molecule has 2 nitrogen and oxygen atoms in total. The SMILES string of the molecule is CNCCCN(C)Cc1ccc(Br)cc1Cl. The van der Waals surface area contributed by atoms with Crippen LogP contribution in [0.4, 0.5) is 0 Å². The van der Waals surface area contributed by atoms with Gasteiger partial charge in [-0.05, 0) is 51.3 Å². The number of hydrogen-bond acceptors (Lipinski definition) is 2. The summed E-state index contributed by atoms with van der Waals surface area (Å²) in [6, 6.07) is 6.04. The summed E-state index contributed by atoms with van der Waals surface area (Å²) < 4.78 is 1.03. The van der Waals surface area contributed by atoms with Gasteiger partial charge in [0.15, 0.2) is 0 Å². The van der Waals surface area contributed by atoms with Crippen molar-refractivity contribution in [1.82, 2.24) is 10.2 Å². The van der Waals surface area contributed by atoms with Crippen LogP contribution in [-0.2, 0) is 6.54 Å². The van der Waals surface area contributed by atoms with Crippen molar-refractivity contribution in [3.8, 4) is 0 Å². The van der Waals surface area contributed by atoms with Crippen molar-refractivity contribution in [2.75, 3.05) is 27.2 Å². The van der Waals surface area contributed by atoms with E-state index in [1.54, 1.807) is 0 Å². The third-order valence-corrected chi connectivity index (χ3v) is 3.27. The number of nitrogens with zero attached hydrogens (tertiary/aromatic N) is 1. The van der Waals surface area contributed by atoms with E-state index in [4.69, 9.17) is 11.6 Å². The van der Waals surface area contributed by atoms with E-state index in [9.17, 15) is 0 Å². The zero-order chi connectivity index (χ0) is 12.0. The van der Waals surface area contributed by atoms with Crippen LogP contribution in [0, 0.1) is 0 Å². The molecule has 0 radical (unpaired) electrons. The molecule has 0 aromatic heterocycles. The molecule has 4 heteroatoms. The predicted octanol–water partition coefficient (Wildman–Crippen LogP) is 3.14. The molecule has 0 aliphatic rings. The lowest BCUT2D eigenvalue weighted by atomic mass is 10.2. The smallest absolute Gasteiger partial charge is 0.0462 e. The molecule has 0 aliphatic heterocycles. The maximum atomic E-state index is 6.17. The molecular formula is C12H18BrClN2. The minimum absolute atomic E-state index is 0.829. The second-order valence-electron chi connectivity index (χ2n) is 3.93. The molecule has 1 aromatic carbocycles. The fraction of sp³-hybridized carbons (Fsp3) is 0.500. The molecule has 1 aromatic rings. The average molecular weight is 306 g/mol. The van der Waals surface area contributed by atoms with E-state index in [2.05, 4.69) is 39.3 Å². The fourth-order valence-electron chi connectivity index (χ4n) is 1.55. The Kier molecular flexibility index (Phi) is 6.36. The highest BCUT2D eigenvalue weighted by atomic mass is 79.9. The van der Waals surface area contributed by atoms with Crippen LogP contribution in [0.3, 0.4) is 0 Å². The summed E-state index contributed by atoms with van der Waals surface area (Å²) in [4.78, 5) is 2.28. The Morgan fingerprint density at radius 2 is 2.19 bits per heavy atom. The van der Waals surface area contributed by atoms with Gasteiger partial charge >= 0.3 is 0 Å². The Morgan fingerprint density at radius 3 is 2.81 bits per heavy atom. The summed E-state index contributed by atoms with van der Waals surface area (Å²) in [5.41, 5.74) is 1.18. The van der Waals surface area contributed by atoms with Crippen molar-refractivity contribution >= 4 is 27.5 Å². The first kappa shape index (κ1) is 14.0. The molecule has 90 valence electrons. The lowest BCUT2D eigenvalue weighted by Crippen LogP contribution is -2.22. The molecule has 0 unspecified atom stereocenters. The molecule has 0 fully saturated rings. The van der Waals surface area contributed by atoms with Crippen LogP contribution in [0.15, 0.2) is 22.7 Å². The first-order chi connectivity index (χ1) is 7.63. The third kappa shape index (κ3) is 4.83. The molecule has 0 heterocycles. The molecular weight excluding hydrogens is 288 g/mol. The van der Waals surface area contributed by atoms with Gasteiger partial charge in [0, 0.05) is 16.0 Å². The van der Waals surface area contributed by atoms with Gasteiger partial charge in [0.05, 0.1) is 0 Å². The largest absolute Gasteiger partial charge is 0.320 e. The number of nitrogens with one attached hydrogen (secondary N) is 1. The maximum absolute atomic E-state index is 6.17. The molecule has 0 saturated heterocycles. The van der Waals surface area contributed by atoms with Crippen LogP contribution >= 0.6 is 27.5 Å². The number of benzene rings is 1. The highest BCUT2D eigenvalue weighted by Crippen LogP contribution is 2.22. The molecule has 0 saturated carbocycles. The normalized spacial score (nSPS) is 11.1. The van der Waals surface area contributed by atoms with E-state index < -0.39 is 0 Å². The van der Waals surface area contributed by atoms with Gasteiger partial charge in [-0.25, -0.2) is 0 Å². The van der Waals surface area contributed by atoms with E-state index in [1.165, 1.54) is 5.56 Å². The third-order valence-electron chi connectivity index (χ3n) is 2.42. The Labute approximate surface area is 111 Å². The van der Waals surface area contributed by atoms with Gasteiger partial charge in [0.1, 0.15) is 0 Å². The molecule has 16 heavy (non-hydrogen) atoms. The van der Waals surface area contributed by atoms with Crippen molar-refractivity contribution in [2.24, 2.45) is 0 Å². The zero-order valence-electron chi connectivity index (χ0n) is 9.76. The van der Waals surface area contributed by atoms with Gasteiger partial charge in [-0.3, -0.25) is 0 Å². The van der Waals surface area contributed by atoms with Crippen LogP contribution < -0.4 is 5.32 Å². The quantitative estimate of drug-likeness (QED) is 0.812. The summed E-state index contributed by atoms with van der Waals surface area (Å²) in [5, 5.41) is 3.98.